The van der Waals surface area contributed by atoms with E-state index >= 15 is 0 Å². The van der Waals surface area contributed by atoms with Crippen molar-refractivity contribution in [3.05, 3.63) is 35.9 Å². The lowest BCUT2D eigenvalue weighted by Crippen LogP contribution is -2.55. The van der Waals surface area contributed by atoms with Crippen LogP contribution in [0.2, 0.25) is 0 Å². The Morgan fingerprint density at radius 2 is 1.69 bits per heavy atom. The zero-order valence-electron chi connectivity index (χ0n) is 16.0. The maximum atomic E-state index is 12.7. The average molecular weight is 425 g/mol. The molecule has 160 valence electrons. The predicted octanol–water partition coefficient (Wildman–Crippen LogP) is -1.41. The molecule has 0 heterocycles. The Labute approximate surface area is 174 Å². The molecule has 0 fully saturated rings. The summed E-state index contributed by atoms with van der Waals surface area (Å²) >= 11 is 3.98. The summed E-state index contributed by atoms with van der Waals surface area (Å²) in [5, 5.41) is 14.4. The van der Waals surface area contributed by atoms with E-state index in [-0.39, 0.29) is 31.1 Å². The van der Waals surface area contributed by atoms with Crippen molar-refractivity contribution in [2.24, 2.45) is 22.2 Å². The average Bonchev–Trinajstić information content (AvgIpc) is 2.69. The fourth-order valence-electron chi connectivity index (χ4n) is 2.45. The van der Waals surface area contributed by atoms with Crippen molar-refractivity contribution in [2.75, 3.05) is 12.3 Å². The second-order valence-corrected chi connectivity index (χ2v) is 6.75. The number of carboxylic acids is 1. The van der Waals surface area contributed by atoms with Crippen molar-refractivity contribution in [3.8, 4) is 0 Å². The van der Waals surface area contributed by atoms with Crippen LogP contribution < -0.4 is 27.8 Å². The summed E-state index contributed by atoms with van der Waals surface area (Å²) < 4.78 is 0. The second-order valence-electron chi connectivity index (χ2n) is 6.39. The van der Waals surface area contributed by atoms with Crippen LogP contribution in [0, 0.1) is 0 Å². The van der Waals surface area contributed by atoms with Gasteiger partial charge in [-0.2, -0.15) is 12.6 Å². The predicted molar refractivity (Wildman–Crippen MR) is 113 cm³/mol. The number of carbonyl (C=O) groups is 3. The Bertz CT molecular complexity index is 712. The number of carboxylic acid groups (broad SMARTS) is 1. The SMILES string of the molecule is NC(N)=NCCCC(NC(=O)C(Cc1ccccc1)NC(=O)C(N)CS)C(=O)O. The van der Waals surface area contributed by atoms with Crippen LogP contribution in [0.15, 0.2) is 35.3 Å². The molecule has 3 atom stereocenters. The van der Waals surface area contributed by atoms with Gasteiger partial charge in [-0.15, -0.1) is 0 Å². The molecule has 0 bridgehead atoms. The van der Waals surface area contributed by atoms with Crippen molar-refractivity contribution in [1.29, 1.82) is 0 Å². The van der Waals surface area contributed by atoms with Crippen LogP contribution in [0.25, 0.3) is 0 Å². The molecular weight excluding hydrogens is 396 g/mol. The molecule has 0 aromatic heterocycles. The number of benzene rings is 1. The highest BCUT2D eigenvalue weighted by Gasteiger charge is 2.27. The molecule has 0 spiro atoms. The van der Waals surface area contributed by atoms with Crippen LogP contribution in [0.4, 0.5) is 0 Å². The molecule has 1 aromatic carbocycles. The number of nitrogens with zero attached hydrogens (tertiary/aromatic N) is 1. The van der Waals surface area contributed by atoms with Crippen LogP contribution in [-0.4, -0.2) is 59.3 Å². The van der Waals surface area contributed by atoms with E-state index in [1.54, 1.807) is 24.3 Å². The Kier molecular flexibility index (Phi) is 10.6. The molecule has 2 amide bonds. The molecule has 11 heteroatoms. The summed E-state index contributed by atoms with van der Waals surface area (Å²) in [6.07, 6.45) is 0.660. The molecule has 0 aliphatic heterocycles. The summed E-state index contributed by atoms with van der Waals surface area (Å²) in [4.78, 5) is 40.2. The fourth-order valence-corrected chi connectivity index (χ4v) is 2.62. The minimum Gasteiger partial charge on any atom is -0.480 e. The molecule has 1 aromatic rings. The lowest BCUT2D eigenvalue weighted by molar-refractivity contribution is -0.142. The quantitative estimate of drug-likeness (QED) is 0.0929. The highest BCUT2D eigenvalue weighted by atomic mass is 32.1. The smallest absolute Gasteiger partial charge is 0.326 e. The van der Waals surface area contributed by atoms with Gasteiger partial charge in [0.25, 0.3) is 0 Å². The molecule has 10 nitrogen and oxygen atoms in total. The number of thiol groups is 1. The Balaban J connectivity index is 2.85. The Hall–Kier alpha value is -2.79. The van der Waals surface area contributed by atoms with E-state index in [1.807, 2.05) is 6.07 Å². The number of nitrogens with one attached hydrogen (secondary N) is 2. The number of aliphatic imine (C=N–C) groups is 1. The number of aliphatic carboxylic acids is 1. The van der Waals surface area contributed by atoms with E-state index in [0.29, 0.717) is 6.42 Å². The number of guanidine groups is 1. The van der Waals surface area contributed by atoms with Crippen molar-refractivity contribution in [2.45, 2.75) is 37.4 Å². The van der Waals surface area contributed by atoms with Crippen molar-refractivity contribution < 1.29 is 19.5 Å². The minimum absolute atomic E-state index is 0.0907. The maximum absolute atomic E-state index is 12.7. The van der Waals surface area contributed by atoms with Crippen LogP contribution in [0.3, 0.4) is 0 Å². The van der Waals surface area contributed by atoms with Gasteiger partial charge in [-0.3, -0.25) is 14.6 Å². The van der Waals surface area contributed by atoms with Gasteiger partial charge in [0.1, 0.15) is 12.1 Å². The molecule has 9 N–H and O–H groups in total. The highest BCUT2D eigenvalue weighted by molar-refractivity contribution is 7.80. The van der Waals surface area contributed by atoms with E-state index in [0.717, 1.165) is 5.56 Å². The molecule has 0 aliphatic rings. The van der Waals surface area contributed by atoms with Gasteiger partial charge in [-0.1, -0.05) is 30.3 Å². The van der Waals surface area contributed by atoms with Gasteiger partial charge in [-0.25, -0.2) is 4.79 Å². The Morgan fingerprint density at radius 3 is 2.24 bits per heavy atom. The van der Waals surface area contributed by atoms with Gasteiger partial charge < -0.3 is 32.9 Å². The summed E-state index contributed by atoms with van der Waals surface area (Å²) in [6.45, 7) is 0.239. The third kappa shape index (κ3) is 9.30. The van der Waals surface area contributed by atoms with Crippen molar-refractivity contribution in [3.63, 3.8) is 0 Å². The molecule has 0 radical (unpaired) electrons. The first-order valence-corrected chi connectivity index (χ1v) is 9.67. The van der Waals surface area contributed by atoms with Gasteiger partial charge in [0.15, 0.2) is 5.96 Å². The second kappa shape index (κ2) is 12.6. The fraction of sp³-hybridized carbons (Fsp3) is 0.444. The monoisotopic (exact) mass is 424 g/mol. The third-order valence-electron chi connectivity index (χ3n) is 4.01. The zero-order chi connectivity index (χ0) is 21.8. The standard InChI is InChI=1S/C18H28N6O4S/c19-12(10-29)15(25)24-14(9-11-5-2-1-3-6-11)16(26)23-13(17(27)28)7-4-8-22-18(20)21/h1-3,5-6,12-14,29H,4,7-10,19H2,(H,23,26)(H,24,25)(H,27,28)(H4,20,21,22). The first-order chi connectivity index (χ1) is 13.7. The van der Waals surface area contributed by atoms with Gasteiger partial charge in [0.05, 0.1) is 6.04 Å². The minimum atomic E-state index is -1.19. The first-order valence-electron chi connectivity index (χ1n) is 9.04. The van der Waals surface area contributed by atoms with Crippen LogP contribution in [0.1, 0.15) is 18.4 Å². The van der Waals surface area contributed by atoms with E-state index in [9.17, 15) is 19.5 Å². The Morgan fingerprint density at radius 1 is 1.07 bits per heavy atom. The van der Waals surface area contributed by atoms with Gasteiger partial charge >= 0.3 is 5.97 Å². The molecule has 0 aliphatic carbocycles. The number of amides is 2. The molecule has 0 saturated heterocycles. The third-order valence-corrected chi connectivity index (χ3v) is 4.40. The van der Waals surface area contributed by atoms with Crippen LogP contribution in [0.5, 0.6) is 0 Å². The van der Waals surface area contributed by atoms with Crippen molar-refractivity contribution >= 4 is 36.4 Å². The molecule has 1 rings (SSSR count). The van der Waals surface area contributed by atoms with E-state index in [4.69, 9.17) is 17.2 Å². The van der Waals surface area contributed by atoms with Crippen LogP contribution in [-0.2, 0) is 20.8 Å². The summed E-state index contributed by atoms with van der Waals surface area (Å²) in [5.74, 6) is -2.35. The van der Waals surface area contributed by atoms with Gasteiger partial charge in [-0.05, 0) is 18.4 Å². The summed E-state index contributed by atoms with van der Waals surface area (Å²) in [7, 11) is 0. The van der Waals surface area contributed by atoms with Crippen LogP contribution >= 0.6 is 12.6 Å². The van der Waals surface area contributed by atoms with Gasteiger partial charge in [0, 0.05) is 18.7 Å². The maximum Gasteiger partial charge on any atom is 0.326 e. The number of hydrogen-bond donors (Lipinski definition) is 7. The number of rotatable bonds is 12. The largest absolute Gasteiger partial charge is 0.480 e. The van der Waals surface area contributed by atoms with E-state index in [2.05, 4.69) is 28.3 Å². The van der Waals surface area contributed by atoms with E-state index in [1.165, 1.54) is 0 Å². The normalized spacial score (nSPS) is 13.6. The molecule has 3 unspecified atom stereocenters. The lowest BCUT2D eigenvalue weighted by atomic mass is 10.0. The molecule has 29 heavy (non-hydrogen) atoms. The number of nitrogens with two attached hydrogens (primary N) is 3. The summed E-state index contributed by atoms with van der Waals surface area (Å²) in [5.41, 5.74) is 16.9. The van der Waals surface area contributed by atoms with E-state index < -0.39 is 35.9 Å². The molecule has 0 saturated carbocycles. The topological polar surface area (TPSA) is 186 Å². The van der Waals surface area contributed by atoms with Crippen molar-refractivity contribution in [1.82, 2.24) is 10.6 Å². The zero-order valence-corrected chi connectivity index (χ0v) is 16.8. The molecular formula is C18H28N6O4S. The number of hydrogen-bond acceptors (Lipinski definition) is 6. The lowest BCUT2D eigenvalue weighted by Gasteiger charge is -2.22. The number of carbonyl (C=O) groups excluding carboxylic acids is 2. The first kappa shape index (κ1) is 24.2. The summed E-state index contributed by atoms with van der Waals surface area (Å²) in [6, 6.07) is 6.00. The van der Waals surface area contributed by atoms with Gasteiger partial charge in [0.2, 0.25) is 11.8 Å². The highest BCUT2D eigenvalue weighted by Crippen LogP contribution is 2.06.